The monoisotopic (exact) mass is 416 g/mol. The summed E-state index contributed by atoms with van der Waals surface area (Å²) in [5.41, 5.74) is 1.53. The molecule has 0 saturated carbocycles. The number of methoxy groups -OCH3 is 1. The number of halogens is 1. The van der Waals surface area contributed by atoms with Gasteiger partial charge in [-0.2, -0.15) is 0 Å². The number of benzene rings is 2. The van der Waals surface area contributed by atoms with E-state index in [0.29, 0.717) is 28.2 Å². The molecule has 0 aliphatic carbocycles. The third kappa shape index (κ3) is 4.48. The number of hydrogen-bond donors (Lipinski definition) is 1. The van der Waals surface area contributed by atoms with Crippen molar-refractivity contribution >= 4 is 35.0 Å². The fourth-order valence-electron chi connectivity index (χ4n) is 2.69. The van der Waals surface area contributed by atoms with Crippen LogP contribution in [0, 0.1) is 0 Å². The van der Waals surface area contributed by atoms with Gasteiger partial charge in [0.1, 0.15) is 5.75 Å². The van der Waals surface area contributed by atoms with Gasteiger partial charge in [0.15, 0.2) is 11.0 Å². The minimum atomic E-state index is -0.387. The molecule has 0 bridgehead atoms. The molecule has 8 heteroatoms. The maximum Gasteiger partial charge on any atom is 0.237 e. The predicted octanol–water partition coefficient (Wildman–Crippen LogP) is 4.75. The minimum Gasteiger partial charge on any atom is -0.495 e. The molecule has 0 radical (unpaired) electrons. The van der Waals surface area contributed by atoms with Crippen LogP contribution in [0.25, 0.3) is 11.4 Å². The first kappa shape index (κ1) is 20.2. The van der Waals surface area contributed by atoms with Crippen molar-refractivity contribution in [2.24, 2.45) is 0 Å². The van der Waals surface area contributed by atoms with Gasteiger partial charge in [0.2, 0.25) is 5.91 Å². The van der Waals surface area contributed by atoms with Crippen LogP contribution in [0.4, 0.5) is 5.69 Å². The number of ether oxygens (including phenoxy) is 1. The van der Waals surface area contributed by atoms with Gasteiger partial charge in [-0.05, 0) is 32.0 Å². The zero-order valence-corrected chi connectivity index (χ0v) is 17.4. The van der Waals surface area contributed by atoms with E-state index in [9.17, 15) is 4.79 Å². The van der Waals surface area contributed by atoms with Gasteiger partial charge in [-0.25, -0.2) is 0 Å². The molecule has 28 heavy (non-hydrogen) atoms. The van der Waals surface area contributed by atoms with Gasteiger partial charge in [0.25, 0.3) is 0 Å². The molecule has 0 fully saturated rings. The van der Waals surface area contributed by atoms with Crippen molar-refractivity contribution in [3.05, 3.63) is 53.6 Å². The number of thioether (sulfide) groups is 1. The molecule has 0 saturated heterocycles. The van der Waals surface area contributed by atoms with Crippen LogP contribution in [0.3, 0.4) is 0 Å². The summed E-state index contributed by atoms with van der Waals surface area (Å²) in [4.78, 5) is 12.7. The molecular formula is C20H21ClN4O2S. The second-order valence-electron chi connectivity index (χ2n) is 6.01. The Hall–Kier alpha value is -2.51. The van der Waals surface area contributed by atoms with Crippen LogP contribution in [0.1, 0.15) is 13.8 Å². The average Bonchev–Trinajstić information content (AvgIpc) is 3.11. The molecule has 3 aromatic rings. The lowest BCUT2D eigenvalue weighted by atomic mass is 10.2. The first-order valence-electron chi connectivity index (χ1n) is 8.83. The van der Waals surface area contributed by atoms with Crippen LogP contribution in [0.2, 0.25) is 5.02 Å². The molecule has 0 spiro atoms. The molecule has 1 aromatic heterocycles. The normalized spacial score (nSPS) is 11.9. The first-order chi connectivity index (χ1) is 13.5. The maximum absolute atomic E-state index is 12.7. The molecule has 1 amide bonds. The number of rotatable bonds is 7. The van der Waals surface area contributed by atoms with Gasteiger partial charge in [-0.3, -0.25) is 4.79 Å². The standard InChI is InChI=1S/C20H21ClN4O2S/c1-4-25-18(14-8-6-5-7-9-14)23-24-20(25)28-13(2)19(26)22-16-12-15(21)10-11-17(16)27-3/h5-13H,4H2,1-3H3,(H,22,26)/t13-/m0/s1. The van der Waals surface area contributed by atoms with Crippen molar-refractivity contribution in [2.45, 2.75) is 30.8 Å². The molecule has 0 unspecified atom stereocenters. The van der Waals surface area contributed by atoms with E-state index in [1.807, 2.05) is 48.7 Å². The molecule has 6 nitrogen and oxygen atoms in total. The van der Waals surface area contributed by atoms with Gasteiger partial charge in [-0.1, -0.05) is 53.7 Å². The lowest BCUT2D eigenvalue weighted by molar-refractivity contribution is -0.115. The maximum atomic E-state index is 12.7. The van der Waals surface area contributed by atoms with E-state index in [4.69, 9.17) is 16.3 Å². The SMILES string of the molecule is CCn1c(S[C@@H](C)C(=O)Nc2cc(Cl)ccc2OC)nnc1-c1ccccc1. The van der Waals surface area contributed by atoms with Crippen molar-refractivity contribution in [3.63, 3.8) is 0 Å². The van der Waals surface area contributed by atoms with Gasteiger partial charge >= 0.3 is 0 Å². The van der Waals surface area contributed by atoms with Crippen LogP contribution < -0.4 is 10.1 Å². The van der Waals surface area contributed by atoms with Crippen LogP contribution in [0.5, 0.6) is 5.75 Å². The number of amides is 1. The molecule has 1 N–H and O–H groups in total. The average molecular weight is 417 g/mol. The Morgan fingerprint density at radius 3 is 2.68 bits per heavy atom. The van der Waals surface area contributed by atoms with Gasteiger partial charge in [-0.15, -0.1) is 10.2 Å². The van der Waals surface area contributed by atoms with Gasteiger partial charge in [0, 0.05) is 17.1 Å². The highest BCUT2D eigenvalue weighted by Crippen LogP contribution is 2.30. The van der Waals surface area contributed by atoms with Gasteiger partial charge in [0.05, 0.1) is 18.0 Å². The third-order valence-electron chi connectivity index (χ3n) is 4.14. The van der Waals surface area contributed by atoms with Crippen molar-refractivity contribution < 1.29 is 9.53 Å². The molecule has 1 atom stereocenters. The largest absolute Gasteiger partial charge is 0.495 e. The van der Waals surface area contributed by atoms with E-state index in [-0.39, 0.29) is 11.2 Å². The summed E-state index contributed by atoms with van der Waals surface area (Å²) >= 11 is 7.39. The summed E-state index contributed by atoms with van der Waals surface area (Å²) in [5, 5.41) is 12.3. The number of nitrogens with zero attached hydrogens (tertiary/aromatic N) is 3. The Morgan fingerprint density at radius 1 is 1.25 bits per heavy atom. The minimum absolute atomic E-state index is 0.169. The molecule has 2 aromatic carbocycles. The number of carbonyl (C=O) groups is 1. The Bertz CT molecular complexity index is 962. The van der Waals surface area contributed by atoms with Crippen LogP contribution in [0.15, 0.2) is 53.7 Å². The molecule has 0 aliphatic heterocycles. The number of hydrogen-bond acceptors (Lipinski definition) is 5. The summed E-state index contributed by atoms with van der Waals surface area (Å²) in [5.74, 6) is 1.17. The van der Waals surface area contributed by atoms with Crippen LogP contribution >= 0.6 is 23.4 Å². The predicted molar refractivity (Wildman–Crippen MR) is 113 cm³/mol. The third-order valence-corrected chi connectivity index (χ3v) is 5.45. The summed E-state index contributed by atoms with van der Waals surface area (Å²) in [6, 6.07) is 15.0. The summed E-state index contributed by atoms with van der Waals surface area (Å²) in [6.45, 7) is 4.56. The summed E-state index contributed by atoms with van der Waals surface area (Å²) in [7, 11) is 1.55. The molecule has 3 rings (SSSR count). The van der Waals surface area contributed by atoms with E-state index in [0.717, 1.165) is 11.4 Å². The first-order valence-corrected chi connectivity index (χ1v) is 10.1. The number of aromatic nitrogens is 3. The summed E-state index contributed by atoms with van der Waals surface area (Å²) in [6.07, 6.45) is 0. The molecule has 146 valence electrons. The highest BCUT2D eigenvalue weighted by atomic mass is 35.5. The number of anilines is 1. The Labute approximate surface area is 173 Å². The van der Waals surface area contributed by atoms with E-state index < -0.39 is 0 Å². The van der Waals surface area contributed by atoms with Crippen molar-refractivity contribution in [3.8, 4) is 17.1 Å². The van der Waals surface area contributed by atoms with E-state index in [1.165, 1.54) is 11.8 Å². The molecule has 0 aliphatic rings. The second kappa shape index (κ2) is 9.12. The highest BCUT2D eigenvalue weighted by Gasteiger charge is 2.21. The van der Waals surface area contributed by atoms with Crippen LogP contribution in [-0.2, 0) is 11.3 Å². The van der Waals surface area contributed by atoms with E-state index in [1.54, 1.807) is 25.3 Å². The fraction of sp³-hybridized carbons (Fsp3) is 0.250. The topological polar surface area (TPSA) is 69.0 Å². The van der Waals surface area contributed by atoms with Crippen molar-refractivity contribution in [2.75, 3.05) is 12.4 Å². The van der Waals surface area contributed by atoms with E-state index in [2.05, 4.69) is 15.5 Å². The highest BCUT2D eigenvalue weighted by molar-refractivity contribution is 8.00. The zero-order valence-electron chi connectivity index (χ0n) is 15.8. The van der Waals surface area contributed by atoms with Crippen molar-refractivity contribution in [1.29, 1.82) is 0 Å². The lowest BCUT2D eigenvalue weighted by Crippen LogP contribution is -2.23. The molecular weight excluding hydrogens is 396 g/mol. The second-order valence-corrected chi connectivity index (χ2v) is 7.75. The lowest BCUT2D eigenvalue weighted by Gasteiger charge is -2.14. The Balaban J connectivity index is 1.76. The van der Waals surface area contributed by atoms with E-state index >= 15 is 0 Å². The van der Waals surface area contributed by atoms with Crippen LogP contribution in [-0.4, -0.2) is 33.0 Å². The Kier molecular flexibility index (Phi) is 6.59. The zero-order chi connectivity index (χ0) is 20.1. The fourth-order valence-corrected chi connectivity index (χ4v) is 3.77. The Morgan fingerprint density at radius 2 is 2.00 bits per heavy atom. The quantitative estimate of drug-likeness (QED) is 0.563. The number of nitrogens with one attached hydrogen (secondary N) is 1. The number of carbonyl (C=O) groups excluding carboxylic acids is 1. The summed E-state index contributed by atoms with van der Waals surface area (Å²) < 4.78 is 7.29. The smallest absolute Gasteiger partial charge is 0.237 e. The van der Waals surface area contributed by atoms with Crippen molar-refractivity contribution in [1.82, 2.24) is 14.8 Å². The molecule has 1 heterocycles. The van der Waals surface area contributed by atoms with Gasteiger partial charge < -0.3 is 14.6 Å².